The summed E-state index contributed by atoms with van der Waals surface area (Å²) in [6, 6.07) is 7.32. The molecule has 3 aliphatic rings. The number of carbonyl (C=O) groups is 2. The van der Waals surface area contributed by atoms with Crippen LogP contribution in [0.5, 0.6) is 0 Å². The molecule has 3 amide bonds. The highest BCUT2D eigenvalue weighted by Gasteiger charge is 2.44. The molecule has 0 bridgehead atoms. The number of likely N-dealkylation sites (N-methyl/N-ethyl adjacent to an activating group) is 2. The predicted octanol–water partition coefficient (Wildman–Crippen LogP) is -0.310. The molecule has 1 N–H and O–H groups in total. The topological polar surface area (TPSA) is 90.2 Å². The van der Waals surface area contributed by atoms with E-state index in [4.69, 9.17) is 0 Å². The summed E-state index contributed by atoms with van der Waals surface area (Å²) < 4.78 is 1.71. The number of nitrogens with one attached hydrogen (secondary N) is 1. The third-order valence-electron chi connectivity index (χ3n) is 5.60. The van der Waals surface area contributed by atoms with Crippen LogP contribution >= 0.6 is 11.3 Å². The number of amides is 3. The van der Waals surface area contributed by atoms with Crippen LogP contribution in [0.2, 0.25) is 0 Å². The number of hydrogen-bond acceptors (Lipinski definition) is 6. The maximum Gasteiger partial charge on any atom is 0.323 e. The van der Waals surface area contributed by atoms with Gasteiger partial charge >= 0.3 is 6.03 Å². The summed E-state index contributed by atoms with van der Waals surface area (Å²) in [6.07, 6.45) is -0.869. The van der Waals surface area contributed by atoms with Crippen LogP contribution in [0.25, 0.3) is 5.57 Å². The SMILES string of the molecule is CC(C)N1C(=O)/C(=c2\sc3n(c2=O)NC2C(N=3)N(C)C(=O)N2C)c2ccccc21. The van der Waals surface area contributed by atoms with E-state index in [-0.39, 0.29) is 23.5 Å². The number of urea groups is 1. The van der Waals surface area contributed by atoms with E-state index in [1.54, 1.807) is 19.0 Å². The Hall–Kier alpha value is -3.14. The third kappa shape index (κ3) is 2.26. The van der Waals surface area contributed by atoms with E-state index in [1.165, 1.54) is 25.8 Å². The molecule has 0 radical (unpaired) electrons. The van der Waals surface area contributed by atoms with Crippen molar-refractivity contribution in [3.05, 3.63) is 49.5 Å². The van der Waals surface area contributed by atoms with Gasteiger partial charge in [0.25, 0.3) is 11.5 Å². The lowest BCUT2D eigenvalue weighted by molar-refractivity contribution is -0.113. The molecule has 2 unspecified atom stereocenters. The molecular weight excluding hydrogens is 392 g/mol. The fourth-order valence-electron chi connectivity index (χ4n) is 4.15. The van der Waals surface area contributed by atoms with Gasteiger partial charge in [-0.1, -0.05) is 29.5 Å². The van der Waals surface area contributed by atoms with Crippen LogP contribution in [0.1, 0.15) is 19.4 Å². The summed E-state index contributed by atoms with van der Waals surface area (Å²) in [5, 5.41) is 0. The van der Waals surface area contributed by atoms with Crippen LogP contribution in [0.15, 0.2) is 34.1 Å². The quantitative estimate of drug-likeness (QED) is 0.696. The number of rotatable bonds is 1. The van der Waals surface area contributed by atoms with Crippen molar-refractivity contribution in [2.75, 3.05) is 24.4 Å². The number of nitrogens with zero attached hydrogens (tertiary/aromatic N) is 5. The number of aromatic nitrogens is 1. The van der Waals surface area contributed by atoms with Crippen molar-refractivity contribution in [2.24, 2.45) is 4.99 Å². The van der Waals surface area contributed by atoms with Crippen molar-refractivity contribution in [3.63, 3.8) is 0 Å². The molecule has 1 aromatic carbocycles. The number of fused-ring (bicyclic) bond motifs is 3. The van der Waals surface area contributed by atoms with Crippen LogP contribution in [0, 0.1) is 0 Å². The van der Waals surface area contributed by atoms with Crippen molar-refractivity contribution in [1.29, 1.82) is 0 Å². The highest BCUT2D eigenvalue weighted by Crippen LogP contribution is 2.36. The maximum atomic E-state index is 13.2. The van der Waals surface area contributed by atoms with E-state index in [1.807, 2.05) is 38.1 Å². The van der Waals surface area contributed by atoms with Gasteiger partial charge in [0.1, 0.15) is 4.53 Å². The number of hydrogen-bond donors (Lipinski definition) is 1. The van der Waals surface area contributed by atoms with Crippen molar-refractivity contribution in [3.8, 4) is 0 Å². The highest BCUT2D eigenvalue weighted by atomic mass is 32.1. The molecule has 0 spiro atoms. The Morgan fingerprint density at radius 3 is 2.55 bits per heavy atom. The molecule has 1 aromatic heterocycles. The largest absolute Gasteiger partial charge is 0.323 e. The molecule has 10 heteroatoms. The summed E-state index contributed by atoms with van der Waals surface area (Å²) in [5.41, 5.74) is 4.75. The summed E-state index contributed by atoms with van der Waals surface area (Å²) in [4.78, 5) is 48.5. The zero-order valence-electron chi connectivity index (χ0n) is 16.4. The van der Waals surface area contributed by atoms with Gasteiger partial charge in [-0.15, -0.1) is 0 Å². The average Bonchev–Trinajstić information content (AvgIpc) is 3.24. The van der Waals surface area contributed by atoms with E-state index in [0.29, 0.717) is 14.9 Å². The first-order chi connectivity index (χ1) is 13.8. The Balaban J connectivity index is 1.76. The third-order valence-corrected chi connectivity index (χ3v) is 6.65. The summed E-state index contributed by atoms with van der Waals surface area (Å²) in [7, 11) is 3.35. The van der Waals surface area contributed by atoms with Gasteiger partial charge in [0.15, 0.2) is 12.3 Å². The van der Waals surface area contributed by atoms with Crippen molar-refractivity contribution in [2.45, 2.75) is 32.2 Å². The lowest BCUT2D eigenvalue weighted by Crippen LogP contribution is -2.54. The monoisotopic (exact) mass is 412 g/mol. The minimum Gasteiger partial charge on any atom is -0.305 e. The normalized spacial score (nSPS) is 24.5. The minimum atomic E-state index is -0.441. The Kier molecular flexibility index (Phi) is 3.66. The van der Waals surface area contributed by atoms with Gasteiger partial charge in [0, 0.05) is 25.7 Å². The van der Waals surface area contributed by atoms with E-state index >= 15 is 0 Å². The molecule has 2 aromatic rings. The Bertz CT molecular complexity index is 1250. The Morgan fingerprint density at radius 2 is 1.83 bits per heavy atom. The fourth-order valence-corrected chi connectivity index (χ4v) is 5.19. The minimum absolute atomic E-state index is 0.0334. The number of thiazole rings is 1. The van der Waals surface area contributed by atoms with Crippen LogP contribution in [-0.4, -0.2) is 58.9 Å². The first-order valence-electron chi connectivity index (χ1n) is 9.34. The second kappa shape index (κ2) is 5.93. The van der Waals surface area contributed by atoms with Gasteiger partial charge in [-0.05, 0) is 19.9 Å². The van der Waals surface area contributed by atoms with E-state index in [9.17, 15) is 14.4 Å². The molecule has 1 fully saturated rings. The van der Waals surface area contributed by atoms with E-state index < -0.39 is 12.3 Å². The molecule has 9 nitrogen and oxygen atoms in total. The number of carbonyl (C=O) groups excluding carboxylic acids is 2. The van der Waals surface area contributed by atoms with Gasteiger partial charge in [-0.25, -0.2) is 9.79 Å². The maximum absolute atomic E-state index is 13.2. The van der Waals surface area contributed by atoms with Gasteiger partial charge in [-0.3, -0.25) is 15.0 Å². The fraction of sp³-hybridized carbons (Fsp3) is 0.368. The predicted molar refractivity (Wildman–Crippen MR) is 109 cm³/mol. The standard InChI is InChI=1S/C19H20N6O3S/c1-9(2)24-11-8-6-5-7-10(11)12(16(24)26)13-17(27)25-18(29-13)20-14-15(21-25)23(4)19(28)22(14)3/h5-9,14-15,21H,1-4H3/b13-12-. The van der Waals surface area contributed by atoms with E-state index in [0.717, 1.165) is 11.3 Å². The molecule has 4 heterocycles. The van der Waals surface area contributed by atoms with Crippen molar-refractivity contribution in [1.82, 2.24) is 14.5 Å². The summed E-state index contributed by atoms with van der Waals surface area (Å²) in [6.45, 7) is 3.90. The molecule has 150 valence electrons. The van der Waals surface area contributed by atoms with Crippen molar-refractivity contribution < 1.29 is 9.59 Å². The Labute approximate surface area is 170 Å². The second-order valence-corrected chi connectivity index (χ2v) is 8.61. The van der Waals surface area contributed by atoms with Crippen LogP contribution in [0.3, 0.4) is 0 Å². The number of anilines is 1. The smallest absolute Gasteiger partial charge is 0.305 e. The van der Waals surface area contributed by atoms with Gasteiger partial charge in [-0.2, -0.15) is 4.68 Å². The first kappa shape index (κ1) is 17.9. The molecule has 3 aliphatic heterocycles. The number of benzene rings is 1. The molecule has 5 rings (SSSR count). The van der Waals surface area contributed by atoms with Gasteiger partial charge < -0.3 is 14.7 Å². The van der Waals surface area contributed by atoms with Gasteiger partial charge in [0.2, 0.25) is 4.80 Å². The second-order valence-electron chi connectivity index (χ2n) is 7.64. The van der Waals surface area contributed by atoms with Crippen LogP contribution in [0.4, 0.5) is 10.5 Å². The lowest BCUT2D eigenvalue weighted by atomic mass is 10.1. The molecule has 0 aliphatic carbocycles. The van der Waals surface area contributed by atoms with Crippen molar-refractivity contribution >= 4 is 34.5 Å². The van der Waals surface area contributed by atoms with Crippen LogP contribution in [-0.2, 0) is 4.79 Å². The highest BCUT2D eigenvalue weighted by molar-refractivity contribution is 7.07. The van der Waals surface area contributed by atoms with E-state index in [2.05, 4.69) is 10.4 Å². The zero-order chi connectivity index (χ0) is 20.6. The van der Waals surface area contributed by atoms with Crippen LogP contribution < -0.4 is 25.2 Å². The zero-order valence-corrected chi connectivity index (χ0v) is 17.2. The molecular formula is C19H20N6O3S. The molecule has 1 saturated heterocycles. The molecule has 2 atom stereocenters. The lowest BCUT2D eigenvalue weighted by Gasteiger charge is -2.26. The Morgan fingerprint density at radius 1 is 1.10 bits per heavy atom. The molecule has 0 saturated carbocycles. The average molecular weight is 412 g/mol. The first-order valence-corrected chi connectivity index (χ1v) is 10.2. The summed E-state index contributed by atoms with van der Waals surface area (Å²) >= 11 is 1.17. The summed E-state index contributed by atoms with van der Waals surface area (Å²) in [5.74, 6) is -0.179. The number of para-hydroxylation sites is 1. The van der Waals surface area contributed by atoms with Gasteiger partial charge in [0.05, 0.1) is 11.3 Å². The molecule has 29 heavy (non-hydrogen) atoms.